The summed E-state index contributed by atoms with van der Waals surface area (Å²) in [4.78, 5) is 0. The predicted octanol–water partition coefficient (Wildman–Crippen LogP) is 0.715. The van der Waals surface area contributed by atoms with Gasteiger partial charge in [0.05, 0.1) is 11.8 Å². The van der Waals surface area contributed by atoms with Gasteiger partial charge in [-0.2, -0.15) is 5.10 Å². The number of rotatable bonds is 3. The number of nitrogens with zero attached hydrogens (tertiary/aromatic N) is 2. The van der Waals surface area contributed by atoms with Crippen molar-refractivity contribution in [2.45, 2.75) is 31.9 Å². The minimum atomic E-state index is 0.164. The second kappa shape index (κ2) is 4.33. The summed E-state index contributed by atoms with van der Waals surface area (Å²) in [5, 5.41) is 4.34. The third-order valence-electron chi connectivity index (χ3n) is 3.20. The Balaban J connectivity index is 1.94. The van der Waals surface area contributed by atoms with E-state index in [4.69, 9.17) is 10.5 Å². The zero-order valence-corrected chi connectivity index (χ0v) is 9.39. The standard InChI is InChI=1S/C11H19N3O/c1-8-10(4-6-15-8)11(12)7-9-3-5-14(2)13-9/h3,5,8,10-11H,4,6-7,12H2,1-2H3. The lowest BCUT2D eigenvalue weighted by Gasteiger charge is -2.20. The summed E-state index contributed by atoms with van der Waals surface area (Å²) < 4.78 is 7.34. The summed E-state index contributed by atoms with van der Waals surface area (Å²) in [6.45, 7) is 2.96. The molecule has 0 aromatic carbocycles. The predicted molar refractivity (Wildman–Crippen MR) is 58.4 cm³/mol. The molecule has 0 bridgehead atoms. The van der Waals surface area contributed by atoms with Gasteiger partial charge in [0.2, 0.25) is 0 Å². The molecule has 0 spiro atoms. The van der Waals surface area contributed by atoms with Gasteiger partial charge in [-0.3, -0.25) is 4.68 Å². The first kappa shape index (κ1) is 10.6. The zero-order valence-electron chi connectivity index (χ0n) is 9.39. The topological polar surface area (TPSA) is 53.1 Å². The lowest BCUT2D eigenvalue weighted by atomic mass is 9.91. The molecular formula is C11H19N3O. The molecule has 3 unspecified atom stereocenters. The van der Waals surface area contributed by atoms with Crippen LogP contribution in [0.5, 0.6) is 0 Å². The maximum atomic E-state index is 6.18. The van der Waals surface area contributed by atoms with E-state index in [1.807, 2.05) is 24.0 Å². The third kappa shape index (κ3) is 2.38. The lowest BCUT2D eigenvalue weighted by Crippen LogP contribution is -2.36. The van der Waals surface area contributed by atoms with Crippen molar-refractivity contribution in [3.05, 3.63) is 18.0 Å². The van der Waals surface area contributed by atoms with Crippen molar-refractivity contribution in [2.75, 3.05) is 6.61 Å². The van der Waals surface area contributed by atoms with E-state index in [1.165, 1.54) is 0 Å². The van der Waals surface area contributed by atoms with Crippen LogP contribution in [0.1, 0.15) is 19.0 Å². The molecule has 1 aromatic heterocycles. The summed E-state index contributed by atoms with van der Waals surface area (Å²) in [5.74, 6) is 0.479. The molecule has 4 nitrogen and oxygen atoms in total. The number of hydrogen-bond acceptors (Lipinski definition) is 3. The Morgan fingerprint density at radius 3 is 3.07 bits per heavy atom. The average molecular weight is 209 g/mol. The fourth-order valence-electron chi connectivity index (χ4n) is 2.28. The van der Waals surface area contributed by atoms with Crippen molar-refractivity contribution in [2.24, 2.45) is 18.7 Å². The Hall–Kier alpha value is -0.870. The zero-order chi connectivity index (χ0) is 10.8. The van der Waals surface area contributed by atoms with Crippen LogP contribution in [0, 0.1) is 5.92 Å². The highest BCUT2D eigenvalue weighted by atomic mass is 16.5. The van der Waals surface area contributed by atoms with Crippen molar-refractivity contribution < 1.29 is 4.74 Å². The minimum Gasteiger partial charge on any atom is -0.378 e. The molecular weight excluding hydrogens is 190 g/mol. The molecule has 15 heavy (non-hydrogen) atoms. The fourth-order valence-corrected chi connectivity index (χ4v) is 2.28. The third-order valence-corrected chi connectivity index (χ3v) is 3.20. The quantitative estimate of drug-likeness (QED) is 0.798. The monoisotopic (exact) mass is 209 g/mol. The average Bonchev–Trinajstić information content (AvgIpc) is 2.75. The number of aromatic nitrogens is 2. The van der Waals surface area contributed by atoms with E-state index >= 15 is 0 Å². The van der Waals surface area contributed by atoms with E-state index in [2.05, 4.69) is 12.0 Å². The summed E-state index contributed by atoms with van der Waals surface area (Å²) in [6, 6.07) is 2.19. The van der Waals surface area contributed by atoms with Crippen LogP contribution < -0.4 is 5.73 Å². The van der Waals surface area contributed by atoms with E-state index in [0.717, 1.165) is 25.1 Å². The molecule has 2 N–H and O–H groups in total. The van der Waals surface area contributed by atoms with Gasteiger partial charge in [-0.1, -0.05) is 0 Å². The van der Waals surface area contributed by atoms with Crippen molar-refractivity contribution in [3.8, 4) is 0 Å². The first-order valence-corrected chi connectivity index (χ1v) is 5.52. The number of hydrogen-bond donors (Lipinski definition) is 1. The Morgan fingerprint density at radius 1 is 1.73 bits per heavy atom. The van der Waals surface area contributed by atoms with E-state index < -0.39 is 0 Å². The Bertz CT molecular complexity index is 323. The maximum Gasteiger partial charge on any atom is 0.0640 e. The van der Waals surface area contributed by atoms with Gasteiger partial charge < -0.3 is 10.5 Å². The molecule has 0 radical (unpaired) electrons. The summed E-state index contributed by atoms with van der Waals surface area (Å²) >= 11 is 0. The van der Waals surface area contributed by atoms with Crippen LogP contribution in [-0.2, 0) is 18.2 Å². The number of aryl methyl sites for hydroxylation is 1. The van der Waals surface area contributed by atoms with Crippen molar-refractivity contribution in [3.63, 3.8) is 0 Å². The molecule has 0 saturated carbocycles. The molecule has 2 rings (SSSR count). The van der Waals surface area contributed by atoms with Crippen LogP contribution in [0.3, 0.4) is 0 Å². The first-order valence-electron chi connectivity index (χ1n) is 5.52. The van der Waals surface area contributed by atoms with Crippen LogP contribution in [0.15, 0.2) is 12.3 Å². The van der Waals surface area contributed by atoms with E-state index in [-0.39, 0.29) is 6.04 Å². The van der Waals surface area contributed by atoms with Crippen LogP contribution in [0.25, 0.3) is 0 Å². The molecule has 84 valence electrons. The van der Waals surface area contributed by atoms with Crippen molar-refractivity contribution in [1.29, 1.82) is 0 Å². The van der Waals surface area contributed by atoms with E-state index in [1.54, 1.807) is 0 Å². The van der Waals surface area contributed by atoms with Gasteiger partial charge >= 0.3 is 0 Å². The molecule has 1 aliphatic rings. The van der Waals surface area contributed by atoms with Gasteiger partial charge in [-0.15, -0.1) is 0 Å². The molecule has 2 heterocycles. The van der Waals surface area contributed by atoms with Crippen LogP contribution in [-0.4, -0.2) is 28.5 Å². The minimum absolute atomic E-state index is 0.164. The molecule has 1 aliphatic heterocycles. The summed E-state index contributed by atoms with van der Waals surface area (Å²) in [6.07, 6.45) is 4.18. The molecule has 0 amide bonds. The molecule has 1 saturated heterocycles. The highest BCUT2D eigenvalue weighted by Crippen LogP contribution is 2.24. The highest BCUT2D eigenvalue weighted by molar-refractivity contribution is 5.02. The van der Waals surface area contributed by atoms with Crippen LogP contribution >= 0.6 is 0 Å². The van der Waals surface area contributed by atoms with Gasteiger partial charge in [0, 0.05) is 38.2 Å². The molecule has 4 heteroatoms. The molecule has 0 aliphatic carbocycles. The van der Waals surface area contributed by atoms with Gasteiger partial charge in [0.15, 0.2) is 0 Å². The maximum absolute atomic E-state index is 6.18. The smallest absolute Gasteiger partial charge is 0.0640 e. The number of nitrogens with two attached hydrogens (primary N) is 1. The summed E-state index contributed by atoms with van der Waals surface area (Å²) in [5.41, 5.74) is 7.25. The van der Waals surface area contributed by atoms with E-state index in [0.29, 0.717) is 12.0 Å². The second-order valence-corrected chi connectivity index (χ2v) is 4.38. The van der Waals surface area contributed by atoms with Gasteiger partial charge in [0.1, 0.15) is 0 Å². The largest absolute Gasteiger partial charge is 0.378 e. The highest BCUT2D eigenvalue weighted by Gasteiger charge is 2.29. The van der Waals surface area contributed by atoms with Gasteiger partial charge in [-0.05, 0) is 19.4 Å². The normalized spacial score (nSPS) is 28.2. The lowest BCUT2D eigenvalue weighted by molar-refractivity contribution is 0.0994. The van der Waals surface area contributed by atoms with Crippen LogP contribution in [0.4, 0.5) is 0 Å². The number of ether oxygens (including phenoxy) is 1. The molecule has 1 fully saturated rings. The Kier molecular flexibility index (Phi) is 3.07. The first-order chi connectivity index (χ1) is 7.16. The van der Waals surface area contributed by atoms with Crippen LogP contribution in [0.2, 0.25) is 0 Å². The molecule has 1 aromatic rings. The fraction of sp³-hybridized carbons (Fsp3) is 0.727. The van der Waals surface area contributed by atoms with Crippen molar-refractivity contribution >= 4 is 0 Å². The summed E-state index contributed by atoms with van der Waals surface area (Å²) in [7, 11) is 1.93. The van der Waals surface area contributed by atoms with Gasteiger partial charge in [-0.25, -0.2) is 0 Å². The van der Waals surface area contributed by atoms with E-state index in [9.17, 15) is 0 Å². The Labute approximate surface area is 90.4 Å². The van der Waals surface area contributed by atoms with Crippen molar-refractivity contribution in [1.82, 2.24) is 9.78 Å². The SMILES string of the molecule is CC1OCCC1C(N)Cc1ccn(C)n1. The van der Waals surface area contributed by atoms with Gasteiger partial charge in [0.25, 0.3) is 0 Å². The second-order valence-electron chi connectivity index (χ2n) is 4.38. The Morgan fingerprint density at radius 2 is 2.53 bits per heavy atom. The molecule has 3 atom stereocenters.